The van der Waals surface area contributed by atoms with Gasteiger partial charge in [0.25, 0.3) is 5.91 Å². The summed E-state index contributed by atoms with van der Waals surface area (Å²) in [6.45, 7) is 4.99. The molecule has 1 fully saturated rings. The molecule has 2 aromatic heterocycles. The Morgan fingerprint density at radius 2 is 1.93 bits per heavy atom. The quantitative estimate of drug-likeness (QED) is 0.731. The normalized spacial score (nSPS) is 15.2. The number of nitrogens with one attached hydrogen (secondary N) is 1. The Labute approximate surface area is 163 Å². The first-order valence-corrected chi connectivity index (χ1v) is 9.25. The van der Waals surface area contributed by atoms with Crippen molar-refractivity contribution in [2.75, 3.05) is 31.2 Å². The molecule has 28 heavy (non-hydrogen) atoms. The van der Waals surface area contributed by atoms with Gasteiger partial charge in [0.2, 0.25) is 0 Å². The van der Waals surface area contributed by atoms with Crippen LogP contribution in [0.2, 0.25) is 0 Å². The molecule has 0 bridgehead atoms. The summed E-state index contributed by atoms with van der Waals surface area (Å²) in [7, 11) is 0. The molecule has 3 aromatic rings. The van der Waals surface area contributed by atoms with Crippen LogP contribution in [0, 0.1) is 0 Å². The van der Waals surface area contributed by atoms with Gasteiger partial charge >= 0.3 is 0 Å². The van der Waals surface area contributed by atoms with E-state index < -0.39 is 0 Å². The molecule has 1 saturated heterocycles. The Bertz CT molecular complexity index is 920. The number of aromatic nitrogens is 4. The number of rotatable bonds is 5. The van der Waals surface area contributed by atoms with Gasteiger partial charge in [0, 0.05) is 25.0 Å². The summed E-state index contributed by atoms with van der Waals surface area (Å²) >= 11 is 0. The molecule has 1 N–H and O–H groups in total. The predicted octanol–water partition coefficient (Wildman–Crippen LogP) is 1.99. The van der Waals surface area contributed by atoms with Gasteiger partial charge in [0.15, 0.2) is 0 Å². The number of carbonyl (C=O) groups excluding carboxylic acids is 1. The van der Waals surface area contributed by atoms with Crippen LogP contribution in [-0.2, 0) is 4.74 Å². The number of benzene rings is 1. The van der Waals surface area contributed by atoms with E-state index in [4.69, 9.17) is 4.74 Å². The van der Waals surface area contributed by atoms with E-state index in [-0.39, 0.29) is 11.9 Å². The minimum Gasteiger partial charge on any atom is -0.378 e. The number of pyridine rings is 1. The standard InChI is InChI=1S/C20H22N6O2/c1-15(16-2-4-17(5-3-16)26-14-21-13-23-26)24-20(27)19-12-18(6-7-22-19)25-8-10-28-11-9-25/h2-7,12-15H,8-11H2,1H3,(H,24,27). The molecule has 3 heterocycles. The summed E-state index contributed by atoms with van der Waals surface area (Å²) in [5.74, 6) is -0.192. The summed E-state index contributed by atoms with van der Waals surface area (Å²) in [5, 5.41) is 7.13. The minimum atomic E-state index is -0.192. The topological polar surface area (TPSA) is 85.2 Å². The number of hydrogen-bond donors (Lipinski definition) is 1. The van der Waals surface area contributed by atoms with Gasteiger partial charge in [-0.05, 0) is 36.8 Å². The zero-order valence-electron chi connectivity index (χ0n) is 15.7. The largest absolute Gasteiger partial charge is 0.378 e. The van der Waals surface area contributed by atoms with Crippen LogP contribution < -0.4 is 10.2 Å². The molecule has 1 atom stereocenters. The van der Waals surface area contributed by atoms with E-state index in [1.165, 1.54) is 6.33 Å². The van der Waals surface area contributed by atoms with Crippen molar-refractivity contribution >= 4 is 11.6 Å². The Morgan fingerprint density at radius 1 is 1.14 bits per heavy atom. The molecular formula is C20H22N6O2. The SMILES string of the molecule is CC(NC(=O)c1cc(N2CCOCC2)ccn1)c1ccc(-n2cncn2)cc1. The molecule has 0 aliphatic carbocycles. The summed E-state index contributed by atoms with van der Waals surface area (Å²) in [5.41, 5.74) is 3.32. The molecule has 8 nitrogen and oxygen atoms in total. The maximum atomic E-state index is 12.7. The van der Waals surface area contributed by atoms with Crippen molar-refractivity contribution < 1.29 is 9.53 Å². The van der Waals surface area contributed by atoms with Crippen LogP contribution in [-0.4, -0.2) is 52.0 Å². The Hall–Kier alpha value is -3.26. The van der Waals surface area contributed by atoms with E-state index in [9.17, 15) is 4.79 Å². The first kappa shape index (κ1) is 18.1. The number of ether oxygens (including phenoxy) is 1. The molecule has 0 spiro atoms. The molecule has 1 amide bonds. The lowest BCUT2D eigenvalue weighted by atomic mass is 10.1. The lowest BCUT2D eigenvalue weighted by molar-refractivity contribution is 0.0935. The highest BCUT2D eigenvalue weighted by Gasteiger charge is 2.16. The Kier molecular flexibility index (Phi) is 5.29. The third-order valence-corrected chi connectivity index (χ3v) is 4.78. The molecule has 1 aliphatic heterocycles. The highest BCUT2D eigenvalue weighted by molar-refractivity contribution is 5.93. The fraction of sp³-hybridized carbons (Fsp3) is 0.300. The first-order valence-electron chi connectivity index (χ1n) is 9.25. The van der Waals surface area contributed by atoms with E-state index in [2.05, 4.69) is 25.3 Å². The van der Waals surface area contributed by atoms with E-state index >= 15 is 0 Å². The summed E-state index contributed by atoms with van der Waals surface area (Å²) in [4.78, 5) is 23.1. The van der Waals surface area contributed by atoms with E-state index in [1.54, 1.807) is 17.2 Å². The average molecular weight is 378 g/mol. The minimum absolute atomic E-state index is 0.147. The van der Waals surface area contributed by atoms with Gasteiger partial charge in [-0.3, -0.25) is 9.78 Å². The van der Waals surface area contributed by atoms with Gasteiger partial charge < -0.3 is 15.0 Å². The van der Waals surface area contributed by atoms with Crippen LogP contribution in [0.3, 0.4) is 0 Å². The van der Waals surface area contributed by atoms with Crippen LogP contribution in [0.5, 0.6) is 0 Å². The van der Waals surface area contributed by atoms with Gasteiger partial charge in [0.05, 0.1) is 24.9 Å². The van der Waals surface area contributed by atoms with Crippen molar-refractivity contribution in [3.05, 3.63) is 66.5 Å². The average Bonchev–Trinajstić information content (AvgIpc) is 3.29. The van der Waals surface area contributed by atoms with Crippen molar-refractivity contribution in [1.82, 2.24) is 25.1 Å². The number of morpholine rings is 1. The second-order valence-electron chi connectivity index (χ2n) is 6.63. The second kappa shape index (κ2) is 8.18. The smallest absolute Gasteiger partial charge is 0.270 e. The Balaban J connectivity index is 1.43. The fourth-order valence-electron chi connectivity index (χ4n) is 3.17. The highest BCUT2D eigenvalue weighted by Crippen LogP contribution is 2.18. The van der Waals surface area contributed by atoms with Crippen molar-refractivity contribution in [1.29, 1.82) is 0 Å². The zero-order valence-corrected chi connectivity index (χ0v) is 15.7. The van der Waals surface area contributed by atoms with Gasteiger partial charge in [0.1, 0.15) is 18.3 Å². The van der Waals surface area contributed by atoms with Crippen molar-refractivity contribution in [2.24, 2.45) is 0 Å². The van der Waals surface area contributed by atoms with E-state index in [0.29, 0.717) is 18.9 Å². The molecule has 8 heteroatoms. The number of hydrogen-bond acceptors (Lipinski definition) is 6. The van der Waals surface area contributed by atoms with Gasteiger partial charge in [-0.2, -0.15) is 5.10 Å². The molecule has 144 valence electrons. The van der Waals surface area contributed by atoms with Gasteiger partial charge in [-0.15, -0.1) is 0 Å². The molecule has 1 unspecified atom stereocenters. The lowest BCUT2D eigenvalue weighted by Gasteiger charge is -2.28. The van der Waals surface area contributed by atoms with Crippen LogP contribution in [0.15, 0.2) is 55.2 Å². The molecule has 4 rings (SSSR count). The number of carbonyl (C=O) groups is 1. The highest BCUT2D eigenvalue weighted by atomic mass is 16.5. The van der Waals surface area contributed by atoms with E-state index in [1.807, 2.05) is 43.3 Å². The molecule has 1 aromatic carbocycles. The predicted molar refractivity (Wildman–Crippen MR) is 105 cm³/mol. The molecule has 0 radical (unpaired) electrons. The third-order valence-electron chi connectivity index (χ3n) is 4.78. The lowest BCUT2D eigenvalue weighted by Crippen LogP contribution is -2.36. The second-order valence-corrected chi connectivity index (χ2v) is 6.63. The maximum absolute atomic E-state index is 12.7. The Morgan fingerprint density at radius 3 is 2.64 bits per heavy atom. The van der Waals surface area contributed by atoms with Crippen molar-refractivity contribution in [3.8, 4) is 5.69 Å². The molecular weight excluding hydrogens is 356 g/mol. The maximum Gasteiger partial charge on any atom is 0.270 e. The van der Waals surface area contributed by atoms with Crippen LogP contribution in [0.1, 0.15) is 29.0 Å². The van der Waals surface area contributed by atoms with Crippen molar-refractivity contribution in [2.45, 2.75) is 13.0 Å². The van der Waals surface area contributed by atoms with E-state index in [0.717, 1.165) is 30.0 Å². The molecule has 1 aliphatic rings. The van der Waals surface area contributed by atoms with Crippen molar-refractivity contribution in [3.63, 3.8) is 0 Å². The molecule has 0 saturated carbocycles. The van der Waals surface area contributed by atoms with Crippen LogP contribution >= 0.6 is 0 Å². The zero-order chi connectivity index (χ0) is 19.3. The first-order chi connectivity index (χ1) is 13.7. The summed E-state index contributed by atoms with van der Waals surface area (Å²) in [6, 6.07) is 11.5. The number of anilines is 1. The third kappa shape index (κ3) is 4.01. The van der Waals surface area contributed by atoms with Gasteiger partial charge in [-0.1, -0.05) is 12.1 Å². The van der Waals surface area contributed by atoms with Crippen LogP contribution in [0.25, 0.3) is 5.69 Å². The number of amides is 1. The van der Waals surface area contributed by atoms with Gasteiger partial charge in [-0.25, -0.2) is 9.67 Å². The summed E-state index contributed by atoms with van der Waals surface area (Å²) in [6.07, 6.45) is 4.82. The number of nitrogens with zero attached hydrogens (tertiary/aromatic N) is 5. The monoisotopic (exact) mass is 378 g/mol. The van der Waals surface area contributed by atoms with Crippen LogP contribution in [0.4, 0.5) is 5.69 Å². The summed E-state index contributed by atoms with van der Waals surface area (Å²) < 4.78 is 7.08. The fourth-order valence-corrected chi connectivity index (χ4v) is 3.17.